The predicted octanol–water partition coefficient (Wildman–Crippen LogP) is 3.03. The lowest BCUT2D eigenvalue weighted by molar-refractivity contribution is -0.120. The van der Waals surface area contributed by atoms with E-state index in [0.717, 1.165) is 11.4 Å². The van der Waals surface area contributed by atoms with E-state index < -0.39 is 5.54 Å². The van der Waals surface area contributed by atoms with Crippen LogP contribution in [0, 0.1) is 17.2 Å². The number of methoxy groups -OCH3 is 1. The normalized spacial score (nSPS) is 13.1. The number of nitrogens with zero attached hydrogens (tertiary/aromatic N) is 3. The highest BCUT2D eigenvalue weighted by molar-refractivity contribution is 7.99. The number of amides is 1. The standard InChI is InChI=1S/C18H22N4O2S/c1-13(2)18(3,12-19)21-16(23)11-25-17-20-9-10-22(17)14-5-7-15(24-4)8-6-14/h5-10,13H,11H2,1-4H3,(H,21,23). The highest BCUT2D eigenvalue weighted by atomic mass is 32.2. The molecule has 2 rings (SSSR count). The molecule has 2 aromatic rings. The first-order valence-electron chi connectivity index (χ1n) is 7.92. The molecule has 0 saturated carbocycles. The molecular formula is C18H22N4O2S. The van der Waals surface area contributed by atoms with Crippen LogP contribution in [0.5, 0.6) is 5.75 Å². The molecule has 0 spiro atoms. The summed E-state index contributed by atoms with van der Waals surface area (Å²) in [5.41, 5.74) is 0.0634. The zero-order valence-electron chi connectivity index (χ0n) is 14.8. The maximum Gasteiger partial charge on any atom is 0.231 e. The van der Waals surface area contributed by atoms with Crippen molar-refractivity contribution in [2.75, 3.05) is 12.9 Å². The van der Waals surface area contributed by atoms with Gasteiger partial charge in [-0.3, -0.25) is 9.36 Å². The molecule has 1 N–H and O–H groups in total. The predicted molar refractivity (Wildman–Crippen MR) is 97.8 cm³/mol. The Kier molecular flexibility index (Phi) is 6.10. The molecule has 0 aliphatic rings. The molecule has 1 aromatic heterocycles. The molecule has 0 aliphatic carbocycles. The second-order valence-electron chi connectivity index (χ2n) is 6.08. The van der Waals surface area contributed by atoms with Crippen molar-refractivity contribution in [1.82, 2.24) is 14.9 Å². The number of hydrogen-bond donors (Lipinski definition) is 1. The van der Waals surface area contributed by atoms with Crippen molar-refractivity contribution in [3.63, 3.8) is 0 Å². The van der Waals surface area contributed by atoms with E-state index in [1.54, 1.807) is 20.2 Å². The van der Waals surface area contributed by atoms with Gasteiger partial charge in [-0.1, -0.05) is 25.6 Å². The van der Waals surface area contributed by atoms with Crippen LogP contribution in [0.25, 0.3) is 5.69 Å². The van der Waals surface area contributed by atoms with Gasteiger partial charge in [0.2, 0.25) is 5.91 Å². The van der Waals surface area contributed by atoms with E-state index in [0.29, 0.717) is 5.16 Å². The number of carbonyl (C=O) groups excluding carboxylic acids is 1. The average Bonchev–Trinajstić information content (AvgIpc) is 3.08. The first-order valence-corrected chi connectivity index (χ1v) is 8.91. The number of carbonyl (C=O) groups is 1. The number of ether oxygens (including phenoxy) is 1. The molecule has 7 heteroatoms. The number of benzene rings is 1. The molecule has 6 nitrogen and oxygen atoms in total. The summed E-state index contributed by atoms with van der Waals surface area (Å²) >= 11 is 1.33. The smallest absolute Gasteiger partial charge is 0.231 e. The minimum absolute atomic E-state index is 0.0211. The van der Waals surface area contributed by atoms with Crippen molar-refractivity contribution < 1.29 is 9.53 Å². The third kappa shape index (κ3) is 4.54. The van der Waals surface area contributed by atoms with Crippen molar-refractivity contribution >= 4 is 17.7 Å². The molecule has 1 amide bonds. The number of rotatable bonds is 7. The fraction of sp³-hybridized carbons (Fsp3) is 0.389. The van der Waals surface area contributed by atoms with Gasteiger partial charge in [0.05, 0.1) is 18.9 Å². The van der Waals surface area contributed by atoms with Crippen LogP contribution < -0.4 is 10.1 Å². The molecule has 1 atom stereocenters. The van der Waals surface area contributed by atoms with Crippen LogP contribution in [-0.4, -0.2) is 33.9 Å². The molecule has 0 radical (unpaired) electrons. The molecule has 0 aliphatic heterocycles. The quantitative estimate of drug-likeness (QED) is 0.770. The Labute approximate surface area is 152 Å². The van der Waals surface area contributed by atoms with Crippen molar-refractivity contribution in [1.29, 1.82) is 5.26 Å². The van der Waals surface area contributed by atoms with Gasteiger partial charge in [0.1, 0.15) is 11.3 Å². The Bertz CT molecular complexity index is 764. The SMILES string of the molecule is COc1ccc(-n2ccnc2SCC(=O)NC(C)(C#N)C(C)C)cc1. The van der Waals surface area contributed by atoms with E-state index in [2.05, 4.69) is 16.4 Å². The van der Waals surface area contributed by atoms with Crippen LogP contribution in [0.15, 0.2) is 41.8 Å². The van der Waals surface area contributed by atoms with Gasteiger partial charge in [-0.15, -0.1) is 0 Å². The summed E-state index contributed by atoms with van der Waals surface area (Å²) in [7, 11) is 1.62. The summed E-state index contributed by atoms with van der Waals surface area (Å²) in [6.45, 7) is 5.55. The Hall–Kier alpha value is -2.46. The summed E-state index contributed by atoms with van der Waals surface area (Å²) in [5.74, 6) is 0.804. The molecule has 1 heterocycles. The van der Waals surface area contributed by atoms with E-state index in [-0.39, 0.29) is 17.6 Å². The van der Waals surface area contributed by atoms with Crippen LogP contribution in [0.3, 0.4) is 0 Å². The second-order valence-corrected chi connectivity index (χ2v) is 7.03. The number of imidazole rings is 1. The van der Waals surface area contributed by atoms with Crippen LogP contribution in [0.4, 0.5) is 0 Å². The van der Waals surface area contributed by atoms with E-state index in [9.17, 15) is 10.1 Å². The Balaban J connectivity index is 2.04. The van der Waals surface area contributed by atoms with E-state index in [1.807, 2.05) is 48.9 Å². The zero-order chi connectivity index (χ0) is 18.4. The molecule has 0 saturated heterocycles. The van der Waals surface area contributed by atoms with Crippen molar-refractivity contribution in [3.05, 3.63) is 36.7 Å². The van der Waals surface area contributed by atoms with Crippen LogP contribution in [0.1, 0.15) is 20.8 Å². The van der Waals surface area contributed by atoms with Gasteiger partial charge < -0.3 is 10.1 Å². The zero-order valence-corrected chi connectivity index (χ0v) is 15.6. The van der Waals surface area contributed by atoms with Gasteiger partial charge >= 0.3 is 0 Å². The molecule has 0 fully saturated rings. The number of nitrogens with one attached hydrogen (secondary N) is 1. The average molecular weight is 358 g/mol. The molecule has 1 aromatic carbocycles. The third-order valence-electron chi connectivity index (χ3n) is 4.08. The van der Waals surface area contributed by atoms with E-state index in [1.165, 1.54) is 11.8 Å². The highest BCUT2D eigenvalue weighted by Gasteiger charge is 2.29. The number of nitriles is 1. The Morgan fingerprint density at radius 3 is 2.68 bits per heavy atom. The van der Waals surface area contributed by atoms with Crippen molar-refractivity contribution in [3.8, 4) is 17.5 Å². The van der Waals surface area contributed by atoms with Gasteiger partial charge in [0, 0.05) is 18.1 Å². The minimum Gasteiger partial charge on any atom is -0.497 e. The van der Waals surface area contributed by atoms with Crippen LogP contribution in [-0.2, 0) is 4.79 Å². The summed E-state index contributed by atoms with van der Waals surface area (Å²) in [4.78, 5) is 16.5. The van der Waals surface area contributed by atoms with Crippen LogP contribution >= 0.6 is 11.8 Å². The van der Waals surface area contributed by atoms with Gasteiger partial charge in [-0.25, -0.2) is 4.98 Å². The van der Waals surface area contributed by atoms with Gasteiger partial charge in [0.25, 0.3) is 0 Å². The lowest BCUT2D eigenvalue weighted by Crippen LogP contribution is -2.49. The monoisotopic (exact) mass is 358 g/mol. The number of hydrogen-bond acceptors (Lipinski definition) is 5. The fourth-order valence-electron chi connectivity index (χ4n) is 2.09. The second kappa shape index (κ2) is 8.08. The minimum atomic E-state index is -0.872. The molecular weight excluding hydrogens is 336 g/mol. The lowest BCUT2D eigenvalue weighted by Gasteiger charge is -2.27. The summed E-state index contributed by atoms with van der Waals surface area (Å²) < 4.78 is 7.07. The maximum atomic E-state index is 12.2. The molecule has 132 valence electrons. The largest absolute Gasteiger partial charge is 0.497 e. The highest BCUT2D eigenvalue weighted by Crippen LogP contribution is 2.23. The van der Waals surface area contributed by atoms with Gasteiger partial charge in [-0.05, 0) is 37.1 Å². The maximum absolute atomic E-state index is 12.2. The lowest BCUT2D eigenvalue weighted by atomic mass is 9.90. The Morgan fingerprint density at radius 1 is 1.44 bits per heavy atom. The topological polar surface area (TPSA) is 79.9 Å². The summed E-state index contributed by atoms with van der Waals surface area (Å²) in [6, 6.07) is 9.77. The summed E-state index contributed by atoms with van der Waals surface area (Å²) in [5, 5.41) is 12.8. The van der Waals surface area contributed by atoms with E-state index in [4.69, 9.17) is 4.74 Å². The fourth-order valence-corrected chi connectivity index (χ4v) is 2.87. The first kappa shape index (κ1) is 18.9. The molecule has 1 unspecified atom stereocenters. The number of thioether (sulfide) groups is 1. The summed E-state index contributed by atoms with van der Waals surface area (Å²) in [6.07, 6.45) is 3.54. The van der Waals surface area contributed by atoms with E-state index >= 15 is 0 Å². The van der Waals surface area contributed by atoms with Crippen molar-refractivity contribution in [2.24, 2.45) is 5.92 Å². The molecule has 0 bridgehead atoms. The van der Waals surface area contributed by atoms with Crippen molar-refractivity contribution in [2.45, 2.75) is 31.5 Å². The molecule has 25 heavy (non-hydrogen) atoms. The van der Waals surface area contributed by atoms with Gasteiger partial charge in [-0.2, -0.15) is 5.26 Å². The Morgan fingerprint density at radius 2 is 2.12 bits per heavy atom. The van der Waals surface area contributed by atoms with Gasteiger partial charge in [0.15, 0.2) is 5.16 Å². The third-order valence-corrected chi connectivity index (χ3v) is 5.04. The first-order chi connectivity index (χ1) is 11.9. The number of aromatic nitrogens is 2. The van der Waals surface area contributed by atoms with Crippen LogP contribution in [0.2, 0.25) is 0 Å².